The van der Waals surface area contributed by atoms with Gasteiger partial charge in [0.1, 0.15) is 0 Å². The van der Waals surface area contributed by atoms with Gasteiger partial charge in [0.05, 0.1) is 0 Å². The highest BCUT2D eigenvalue weighted by atomic mass is 28.5. The van der Waals surface area contributed by atoms with E-state index in [1.807, 2.05) is 52.4 Å². The Labute approximate surface area is 251 Å². The van der Waals surface area contributed by atoms with Gasteiger partial charge in [-0.1, -0.05) is 0 Å². The first-order valence-electron chi connectivity index (χ1n) is 12.8. The topological polar surface area (TPSA) is 73.8 Å². The van der Waals surface area contributed by atoms with Crippen molar-refractivity contribution < 1.29 is 32.9 Å². The molecule has 1 fully saturated rings. The van der Waals surface area contributed by atoms with E-state index in [4.69, 9.17) is 32.9 Å². The zero-order valence-corrected chi connectivity index (χ0v) is 33.5. The molecule has 0 N–H and O–H groups in total. The molecule has 0 radical (unpaired) electrons. The summed E-state index contributed by atoms with van der Waals surface area (Å²) in [6.07, 6.45) is 0. The van der Waals surface area contributed by atoms with Gasteiger partial charge in [-0.25, -0.2) is 0 Å². The third-order valence-corrected chi connectivity index (χ3v) is 36.0. The average molecular weight is 689 g/mol. The van der Waals surface area contributed by atoms with Crippen LogP contribution in [0, 0.1) is 0 Å². The molecule has 0 unspecified atom stereocenters. The van der Waals surface area contributed by atoms with Crippen LogP contribution in [-0.4, -0.2) is 68.5 Å². The van der Waals surface area contributed by atoms with E-state index >= 15 is 0 Å². The summed E-state index contributed by atoms with van der Waals surface area (Å²) in [4.78, 5) is 0. The molecule has 0 amide bonds. The lowest BCUT2D eigenvalue weighted by Crippen LogP contribution is -2.66. The summed E-state index contributed by atoms with van der Waals surface area (Å²) in [5.74, 6) is 0. The largest absolute Gasteiger partial charge is 0.416 e. The molecule has 16 heteroatoms. The minimum atomic E-state index is -3.51. The average Bonchev–Trinajstić information content (AvgIpc) is 2.83. The van der Waals surface area contributed by atoms with Crippen LogP contribution >= 0.6 is 0 Å². The van der Waals surface area contributed by atoms with E-state index < -0.39 is 68.5 Å². The van der Waals surface area contributed by atoms with Crippen LogP contribution in [0.2, 0.25) is 52.4 Å². The standard InChI is InChI=1S/C24H48O8Si8/c1-17-37(18-2)28-35(13,14)26-33(9,10)25-34(11,12)27-36(15,16)29-38(19-3,20-4)31-40(23-7,24-8)32-39(21-5,22-6)30-37/h17-24H,1-8H2,9-16H3. The zero-order valence-electron chi connectivity index (χ0n) is 25.5. The van der Waals surface area contributed by atoms with Crippen molar-refractivity contribution >= 4 is 68.5 Å². The van der Waals surface area contributed by atoms with Gasteiger partial charge >= 0.3 is 68.5 Å². The molecule has 0 saturated carbocycles. The van der Waals surface area contributed by atoms with Crippen molar-refractivity contribution in [1.29, 1.82) is 0 Å². The Kier molecular flexibility index (Phi) is 12.4. The van der Waals surface area contributed by atoms with Crippen LogP contribution in [0.5, 0.6) is 0 Å². The predicted octanol–water partition coefficient (Wildman–Crippen LogP) is 6.51. The molecule has 40 heavy (non-hydrogen) atoms. The first kappa shape index (κ1) is 37.4. The van der Waals surface area contributed by atoms with Crippen LogP contribution in [-0.2, 0) is 32.9 Å². The van der Waals surface area contributed by atoms with Crippen LogP contribution < -0.4 is 0 Å². The molecule has 0 aromatic heterocycles. The summed E-state index contributed by atoms with van der Waals surface area (Å²) in [5.41, 5.74) is 13.0. The van der Waals surface area contributed by atoms with Gasteiger partial charge in [0, 0.05) is 0 Å². The Morgan fingerprint density at radius 2 is 0.425 bits per heavy atom. The first-order chi connectivity index (χ1) is 18.1. The van der Waals surface area contributed by atoms with Gasteiger partial charge in [-0.05, 0) is 98.0 Å². The maximum atomic E-state index is 6.78. The fraction of sp³-hybridized carbons (Fsp3) is 0.333. The van der Waals surface area contributed by atoms with E-state index in [1.165, 1.54) is 0 Å². The highest BCUT2D eigenvalue weighted by Gasteiger charge is 2.56. The predicted molar refractivity (Wildman–Crippen MR) is 183 cm³/mol. The monoisotopic (exact) mass is 688 g/mol. The zero-order chi connectivity index (χ0) is 31.3. The quantitative estimate of drug-likeness (QED) is 0.268. The Hall–Kier alpha value is -0.665. The lowest BCUT2D eigenvalue weighted by Gasteiger charge is -2.46. The summed E-state index contributed by atoms with van der Waals surface area (Å²) >= 11 is 0. The Balaban J connectivity index is 3.99. The Morgan fingerprint density at radius 1 is 0.275 bits per heavy atom. The Morgan fingerprint density at radius 3 is 0.600 bits per heavy atom. The maximum Gasteiger partial charge on any atom is 0.374 e. The third-order valence-electron chi connectivity index (χ3n) is 5.52. The van der Waals surface area contributed by atoms with Crippen LogP contribution in [0.15, 0.2) is 98.2 Å². The molecule has 1 heterocycles. The molecule has 8 nitrogen and oxygen atoms in total. The second kappa shape index (κ2) is 13.3. The van der Waals surface area contributed by atoms with E-state index in [2.05, 4.69) is 52.6 Å². The van der Waals surface area contributed by atoms with Crippen molar-refractivity contribution in [3.8, 4) is 0 Å². The highest BCUT2D eigenvalue weighted by Crippen LogP contribution is 2.34. The molecule has 1 aliphatic rings. The molecule has 1 rings (SSSR count). The van der Waals surface area contributed by atoms with Crippen LogP contribution in [0.4, 0.5) is 0 Å². The summed E-state index contributed by atoms with van der Waals surface area (Å²) < 4.78 is 53.7. The minimum absolute atomic E-state index is 1.61. The number of rotatable bonds is 8. The van der Waals surface area contributed by atoms with Crippen molar-refractivity contribution in [2.75, 3.05) is 0 Å². The van der Waals surface area contributed by atoms with Gasteiger partial charge in [-0.2, -0.15) is 0 Å². The molecule has 0 bridgehead atoms. The fourth-order valence-corrected chi connectivity index (χ4v) is 41.1. The van der Waals surface area contributed by atoms with E-state index in [9.17, 15) is 0 Å². The van der Waals surface area contributed by atoms with Crippen LogP contribution in [0.1, 0.15) is 0 Å². The van der Waals surface area contributed by atoms with E-state index in [0.717, 1.165) is 0 Å². The summed E-state index contributed by atoms with van der Waals surface area (Å²) in [6, 6.07) is 0. The summed E-state index contributed by atoms with van der Waals surface area (Å²) in [7, 11) is -25.2. The minimum Gasteiger partial charge on any atom is -0.416 e. The van der Waals surface area contributed by atoms with E-state index in [0.29, 0.717) is 0 Å². The van der Waals surface area contributed by atoms with Gasteiger partial charge < -0.3 is 32.9 Å². The van der Waals surface area contributed by atoms with Crippen molar-refractivity contribution in [3.05, 3.63) is 98.2 Å². The van der Waals surface area contributed by atoms with Crippen molar-refractivity contribution in [2.45, 2.75) is 52.4 Å². The van der Waals surface area contributed by atoms with Crippen LogP contribution in [0.25, 0.3) is 0 Å². The van der Waals surface area contributed by atoms with Gasteiger partial charge in [0.25, 0.3) is 0 Å². The normalized spacial score (nSPS) is 26.6. The molecule has 0 spiro atoms. The van der Waals surface area contributed by atoms with E-state index in [1.54, 1.807) is 45.6 Å². The first-order valence-corrected chi connectivity index (χ1v) is 32.0. The number of hydrogen-bond acceptors (Lipinski definition) is 8. The van der Waals surface area contributed by atoms with E-state index in [-0.39, 0.29) is 0 Å². The lowest BCUT2D eigenvalue weighted by molar-refractivity contribution is 0.252. The third kappa shape index (κ3) is 9.69. The van der Waals surface area contributed by atoms with Gasteiger partial charge in [-0.3, -0.25) is 0 Å². The molecule has 0 aromatic carbocycles. The fourth-order valence-electron chi connectivity index (χ4n) is 4.46. The Bertz CT molecular complexity index is 916. The van der Waals surface area contributed by atoms with Crippen molar-refractivity contribution in [2.24, 2.45) is 0 Å². The van der Waals surface area contributed by atoms with Crippen LogP contribution in [0.3, 0.4) is 0 Å². The maximum absolute atomic E-state index is 6.78. The van der Waals surface area contributed by atoms with Crippen molar-refractivity contribution in [3.63, 3.8) is 0 Å². The molecule has 0 aliphatic carbocycles. The van der Waals surface area contributed by atoms with Gasteiger partial charge in [0.15, 0.2) is 0 Å². The summed E-state index contributed by atoms with van der Waals surface area (Å²) in [5, 5.41) is 0. The molecule has 0 aromatic rings. The van der Waals surface area contributed by atoms with Crippen molar-refractivity contribution in [1.82, 2.24) is 0 Å². The second-order valence-corrected chi connectivity index (χ2v) is 37.7. The highest BCUT2D eigenvalue weighted by molar-refractivity contribution is 7.01. The SMILES string of the molecule is C=C[Si]1(C=C)O[Si](C)(C)O[Si](C)(C)O[Si](C)(C)O[Si](C)(C)O[Si](C=C)(C=C)O[Si](C=C)(C=C)O[Si](C=C)(C=C)O1. The smallest absolute Gasteiger partial charge is 0.374 e. The van der Waals surface area contributed by atoms with Gasteiger partial charge in [0.2, 0.25) is 0 Å². The molecule has 224 valence electrons. The summed E-state index contributed by atoms with van der Waals surface area (Å²) in [6.45, 7) is 48.0. The van der Waals surface area contributed by atoms with Gasteiger partial charge in [-0.15, -0.1) is 52.6 Å². The molecule has 1 saturated heterocycles. The molecular weight excluding hydrogens is 641 g/mol. The second-order valence-electron chi connectivity index (χ2n) is 10.9. The molecular formula is C24H48O8Si8. The molecule has 1 aliphatic heterocycles. The lowest BCUT2D eigenvalue weighted by atomic mass is 11.2. The molecule has 0 atom stereocenters. The number of hydrogen-bond donors (Lipinski definition) is 0.